The van der Waals surface area contributed by atoms with Gasteiger partial charge in [-0.05, 0) is 83.5 Å². The lowest BCUT2D eigenvalue weighted by atomic mass is 9.88. The molecular weight excluding hydrogens is 611 g/mol. The number of ketones is 1. The lowest BCUT2D eigenvalue weighted by Gasteiger charge is -2.30. The number of pyridine rings is 1. The number of aliphatic hydroxyl groups is 2. The molecule has 0 spiro atoms. The summed E-state index contributed by atoms with van der Waals surface area (Å²) in [6, 6.07) is 10.6. The van der Waals surface area contributed by atoms with Gasteiger partial charge < -0.3 is 24.4 Å². The molecule has 3 N–H and O–H groups in total. The average Bonchev–Trinajstić information content (AvgIpc) is 3.31. The molecule has 3 atom stereocenters. The highest BCUT2D eigenvalue weighted by atomic mass is 35.5. The van der Waals surface area contributed by atoms with Gasteiger partial charge in [-0.2, -0.15) is 0 Å². The fourth-order valence-electron chi connectivity index (χ4n) is 4.69. The van der Waals surface area contributed by atoms with E-state index in [0.717, 1.165) is 0 Å². The van der Waals surface area contributed by atoms with E-state index < -0.39 is 32.7 Å². The fraction of sp³-hybridized carbons (Fsp3) is 0.438. The minimum Gasteiger partial charge on any atom is -0.493 e. The molecule has 1 aromatic heterocycles. The second kappa shape index (κ2) is 13.1. The summed E-state index contributed by atoms with van der Waals surface area (Å²) in [4.78, 5) is 17.9. The Balaban J connectivity index is 1.69. The number of benzene rings is 2. The predicted octanol–water partition coefficient (Wildman–Crippen LogP) is 5.45. The molecular formula is C32H38ClFN2O7S. The van der Waals surface area contributed by atoms with E-state index in [2.05, 4.69) is 4.72 Å². The molecule has 1 aliphatic rings. The summed E-state index contributed by atoms with van der Waals surface area (Å²) in [6.07, 6.45) is -0.00519. The van der Waals surface area contributed by atoms with E-state index in [0.29, 0.717) is 39.6 Å². The van der Waals surface area contributed by atoms with Crippen molar-refractivity contribution in [2.24, 2.45) is 0 Å². The van der Waals surface area contributed by atoms with E-state index >= 15 is 0 Å². The smallest absolute Gasteiger partial charge is 0.163 e. The number of carbonyl (C=O) groups is 1. The molecule has 44 heavy (non-hydrogen) atoms. The molecule has 4 rings (SSSR count). The van der Waals surface area contributed by atoms with Gasteiger partial charge in [0, 0.05) is 23.1 Å². The summed E-state index contributed by atoms with van der Waals surface area (Å²) in [5.41, 5.74) is -0.446. The number of aromatic nitrogens is 1. The normalized spacial score (nSPS) is 18.2. The Morgan fingerprint density at radius 1 is 1.18 bits per heavy atom. The van der Waals surface area contributed by atoms with Gasteiger partial charge in [0.2, 0.25) is 0 Å². The first-order valence-corrected chi connectivity index (χ1v) is 15.6. The predicted molar refractivity (Wildman–Crippen MR) is 167 cm³/mol. The zero-order valence-electron chi connectivity index (χ0n) is 25.6. The van der Waals surface area contributed by atoms with Gasteiger partial charge in [-0.15, -0.1) is 0 Å². The number of Topliss-reactive ketones (excluding diaryl/α,β-unsaturated/α-hetero) is 1. The van der Waals surface area contributed by atoms with Gasteiger partial charge in [0.1, 0.15) is 30.3 Å². The minimum absolute atomic E-state index is 0.0191. The van der Waals surface area contributed by atoms with Crippen LogP contribution < -0.4 is 18.9 Å². The molecule has 2 aromatic carbocycles. The number of methoxy groups -OCH3 is 1. The van der Waals surface area contributed by atoms with Gasteiger partial charge in [-0.1, -0.05) is 11.6 Å². The fourth-order valence-corrected chi connectivity index (χ4v) is 5.75. The van der Waals surface area contributed by atoms with Crippen molar-refractivity contribution in [3.63, 3.8) is 0 Å². The van der Waals surface area contributed by atoms with E-state index in [-0.39, 0.29) is 49.2 Å². The monoisotopic (exact) mass is 648 g/mol. The van der Waals surface area contributed by atoms with Crippen LogP contribution in [0.5, 0.6) is 17.2 Å². The lowest BCUT2D eigenvalue weighted by Crippen LogP contribution is -2.47. The third kappa shape index (κ3) is 7.24. The van der Waals surface area contributed by atoms with Crippen LogP contribution in [0.1, 0.15) is 69.1 Å². The Bertz CT molecular complexity index is 1580. The topological polar surface area (TPSA) is 127 Å². The van der Waals surface area contributed by atoms with Crippen LogP contribution in [0.4, 0.5) is 4.39 Å². The number of ether oxygens (including phenoxy) is 3. The number of aliphatic hydroxyl groups excluding tert-OH is 1. The summed E-state index contributed by atoms with van der Waals surface area (Å²) in [7, 11) is -0.00345. The van der Waals surface area contributed by atoms with Crippen molar-refractivity contribution in [2.45, 2.75) is 63.3 Å². The molecule has 0 bridgehead atoms. The number of halogens is 2. The average molecular weight is 649 g/mol. The van der Waals surface area contributed by atoms with E-state index in [1.807, 2.05) is 27.7 Å². The highest BCUT2D eigenvalue weighted by Gasteiger charge is 2.43. The minimum atomic E-state index is -1.58. The number of rotatable bonds is 12. The molecule has 0 amide bonds. The molecule has 3 unspecified atom stereocenters. The zero-order valence-corrected chi connectivity index (χ0v) is 27.2. The van der Waals surface area contributed by atoms with Crippen molar-refractivity contribution in [1.29, 1.82) is 0 Å². The summed E-state index contributed by atoms with van der Waals surface area (Å²) >= 11 is 6.11. The standard InChI is InChI=1S/C32H38ClFN2O7S/c1-30(2,3)44(40)36-31(4)18-43-29-21(31)17-27(35-28(29)20-7-9-23(34)22(33)15-20)32(5,39)12-11-24(38)19-8-10-25(42-14-13-37)26(16-19)41-6/h7-10,15-17,36-37,39H,11-14,18H2,1-6H3. The van der Waals surface area contributed by atoms with Crippen molar-refractivity contribution in [1.82, 2.24) is 9.71 Å². The first kappa shape index (κ1) is 33.8. The Kier molecular flexibility index (Phi) is 10.1. The molecule has 9 nitrogen and oxygen atoms in total. The molecule has 3 aromatic rings. The maximum Gasteiger partial charge on any atom is 0.163 e. The molecule has 1 aliphatic heterocycles. The number of hydrogen-bond donors (Lipinski definition) is 3. The summed E-state index contributed by atoms with van der Waals surface area (Å²) < 4.78 is 46.7. The summed E-state index contributed by atoms with van der Waals surface area (Å²) in [5, 5.41) is 20.7. The molecule has 0 aliphatic carbocycles. The highest BCUT2D eigenvalue weighted by molar-refractivity contribution is 7.84. The number of nitrogens with one attached hydrogen (secondary N) is 1. The number of fused-ring (bicyclic) bond motifs is 1. The zero-order chi connectivity index (χ0) is 32.4. The maximum absolute atomic E-state index is 14.1. The molecule has 0 saturated carbocycles. The Labute approximate surface area is 264 Å². The number of carbonyl (C=O) groups excluding carboxylic acids is 1. The first-order valence-electron chi connectivity index (χ1n) is 14.1. The number of nitrogens with zero attached hydrogens (tertiary/aromatic N) is 1. The van der Waals surface area contributed by atoms with Gasteiger partial charge in [0.25, 0.3) is 0 Å². The van der Waals surface area contributed by atoms with Crippen molar-refractivity contribution >= 4 is 28.4 Å². The molecule has 2 heterocycles. The summed E-state index contributed by atoms with van der Waals surface area (Å²) in [6.45, 7) is 9.04. The van der Waals surface area contributed by atoms with Crippen LogP contribution in [0.2, 0.25) is 5.02 Å². The van der Waals surface area contributed by atoms with Gasteiger partial charge in [0.15, 0.2) is 23.0 Å². The van der Waals surface area contributed by atoms with Crippen LogP contribution in [-0.2, 0) is 22.1 Å². The quantitative estimate of drug-likeness (QED) is 0.221. The second-order valence-electron chi connectivity index (χ2n) is 12.1. The van der Waals surface area contributed by atoms with Gasteiger partial charge >= 0.3 is 0 Å². The third-order valence-electron chi connectivity index (χ3n) is 7.36. The van der Waals surface area contributed by atoms with Crippen molar-refractivity contribution in [2.75, 3.05) is 26.9 Å². The van der Waals surface area contributed by atoms with Gasteiger partial charge in [-0.25, -0.2) is 18.3 Å². The van der Waals surface area contributed by atoms with Crippen molar-refractivity contribution < 1.29 is 37.8 Å². The van der Waals surface area contributed by atoms with Crippen molar-refractivity contribution in [3.8, 4) is 28.5 Å². The molecule has 238 valence electrons. The van der Waals surface area contributed by atoms with Crippen LogP contribution in [-0.4, -0.2) is 56.9 Å². The van der Waals surface area contributed by atoms with E-state index in [1.54, 1.807) is 31.2 Å². The SMILES string of the molecule is COc1cc(C(=O)CCC(C)(O)c2cc3c(c(-c4ccc(F)c(Cl)c4)n2)OCC3(C)NS(=O)C(C)(C)C)ccc1OCCO. The Morgan fingerprint density at radius 2 is 1.91 bits per heavy atom. The molecule has 0 radical (unpaired) electrons. The largest absolute Gasteiger partial charge is 0.493 e. The Hall–Kier alpha value is -3.09. The van der Waals surface area contributed by atoms with Crippen molar-refractivity contribution in [3.05, 3.63) is 70.1 Å². The van der Waals surface area contributed by atoms with Gasteiger partial charge in [0.05, 0.1) is 45.7 Å². The van der Waals surface area contributed by atoms with Crippen LogP contribution in [0, 0.1) is 5.82 Å². The van der Waals surface area contributed by atoms with Crippen LogP contribution >= 0.6 is 11.6 Å². The van der Waals surface area contributed by atoms with Crippen LogP contribution in [0.3, 0.4) is 0 Å². The molecule has 0 saturated heterocycles. The molecule has 0 fully saturated rings. The van der Waals surface area contributed by atoms with Gasteiger partial charge in [-0.3, -0.25) is 4.79 Å². The van der Waals surface area contributed by atoms with Crippen LogP contribution in [0.15, 0.2) is 42.5 Å². The Morgan fingerprint density at radius 3 is 2.55 bits per heavy atom. The highest BCUT2D eigenvalue weighted by Crippen LogP contribution is 2.46. The third-order valence-corrected chi connectivity index (χ3v) is 9.40. The van der Waals surface area contributed by atoms with E-state index in [4.69, 9.17) is 35.9 Å². The van der Waals surface area contributed by atoms with E-state index in [9.17, 15) is 18.5 Å². The van der Waals surface area contributed by atoms with Crippen LogP contribution in [0.25, 0.3) is 11.3 Å². The summed E-state index contributed by atoms with van der Waals surface area (Å²) in [5.74, 6) is 0.316. The number of hydrogen-bond acceptors (Lipinski definition) is 8. The first-order chi connectivity index (χ1) is 20.6. The second-order valence-corrected chi connectivity index (χ2v) is 14.5. The molecule has 12 heteroatoms. The lowest BCUT2D eigenvalue weighted by molar-refractivity contribution is 0.0396. The van der Waals surface area contributed by atoms with E-state index in [1.165, 1.54) is 25.3 Å². The maximum atomic E-state index is 14.1.